The topological polar surface area (TPSA) is 81.9 Å². The molecule has 0 saturated carbocycles. The molecule has 30 heavy (non-hydrogen) atoms. The van der Waals surface area contributed by atoms with Gasteiger partial charge >= 0.3 is 5.63 Å². The summed E-state index contributed by atoms with van der Waals surface area (Å²) in [7, 11) is 3.28. The highest BCUT2D eigenvalue weighted by molar-refractivity contribution is 5.86. The fourth-order valence-electron chi connectivity index (χ4n) is 3.87. The van der Waals surface area contributed by atoms with Gasteiger partial charge in [-0.2, -0.15) is 0 Å². The summed E-state index contributed by atoms with van der Waals surface area (Å²) in [5.41, 5.74) is 3.60. The number of pyridine rings is 1. The summed E-state index contributed by atoms with van der Waals surface area (Å²) in [6.45, 7) is 2.06. The number of amides is 1. The Labute approximate surface area is 174 Å². The van der Waals surface area contributed by atoms with Crippen LogP contribution in [0.25, 0.3) is 11.0 Å². The Morgan fingerprint density at radius 2 is 2.03 bits per heavy atom. The van der Waals surface area contributed by atoms with Gasteiger partial charge in [0.1, 0.15) is 17.1 Å². The normalized spacial score (nSPS) is 12.6. The predicted octanol–water partition coefficient (Wildman–Crippen LogP) is 3.03. The molecule has 0 N–H and O–H groups in total. The third kappa shape index (κ3) is 3.75. The number of likely N-dealkylation sites (N-methyl/N-ethyl adjacent to an activating group) is 1. The molecule has 1 aliphatic rings. The van der Waals surface area contributed by atoms with Gasteiger partial charge in [-0.05, 0) is 49.9 Å². The van der Waals surface area contributed by atoms with Gasteiger partial charge in [0.05, 0.1) is 19.3 Å². The smallest absolute Gasteiger partial charge is 0.339 e. The Morgan fingerprint density at radius 3 is 2.83 bits per heavy atom. The van der Waals surface area contributed by atoms with Crippen LogP contribution in [0.5, 0.6) is 11.5 Å². The molecule has 2 aromatic heterocycles. The van der Waals surface area contributed by atoms with Crippen molar-refractivity contribution in [2.75, 3.05) is 20.8 Å². The number of aryl methyl sites for hydroxylation is 2. The molecule has 156 valence electrons. The molecule has 0 bridgehead atoms. The summed E-state index contributed by atoms with van der Waals surface area (Å²) in [4.78, 5) is 30.6. The molecule has 0 spiro atoms. The molecule has 1 aliphatic carbocycles. The van der Waals surface area contributed by atoms with Crippen molar-refractivity contribution in [3.8, 4) is 11.5 Å². The van der Waals surface area contributed by atoms with Gasteiger partial charge in [-0.1, -0.05) is 0 Å². The van der Waals surface area contributed by atoms with E-state index in [2.05, 4.69) is 4.98 Å². The number of rotatable bonds is 6. The van der Waals surface area contributed by atoms with Crippen LogP contribution >= 0.6 is 0 Å². The van der Waals surface area contributed by atoms with Crippen molar-refractivity contribution in [2.45, 2.75) is 32.7 Å². The number of methoxy groups -OCH3 is 1. The average molecular weight is 408 g/mol. The van der Waals surface area contributed by atoms with Crippen molar-refractivity contribution in [1.29, 1.82) is 0 Å². The number of carbonyl (C=O) groups is 1. The van der Waals surface area contributed by atoms with Gasteiger partial charge in [0.15, 0.2) is 6.61 Å². The lowest BCUT2D eigenvalue weighted by Gasteiger charge is -2.18. The second-order valence-corrected chi connectivity index (χ2v) is 7.49. The summed E-state index contributed by atoms with van der Waals surface area (Å²) in [6, 6.07) is 7.30. The number of hydrogen-bond acceptors (Lipinski definition) is 6. The average Bonchev–Trinajstić information content (AvgIpc) is 3.24. The first kappa shape index (κ1) is 19.9. The molecule has 2 heterocycles. The third-order valence-electron chi connectivity index (χ3n) is 5.54. The van der Waals surface area contributed by atoms with Gasteiger partial charge < -0.3 is 18.8 Å². The van der Waals surface area contributed by atoms with E-state index in [1.807, 2.05) is 19.1 Å². The molecule has 7 heteroatoms. The summed E-state index contributed by atoms with van der Waals surface area (Å²) in [5, 5.41) is 0.958. The Bertz CT molecular complexity index is 1170. The zero-order chi connectivity index (χ0) is 21.3. The van der Waals surface area contributed by atoms with Crippen molar-refractivity contribution in [1.82, 2.24) is 9.88 Å². The quantitative estimate of drug-likeness (QED) is 0.583. The Balaban J connectivity index is 1.48. The summed E-state index contributed by atoms with van der Waals surface area (Å²) < 4.78 is 16.5. The maximum atomic E-state index is 12.5. The lowest BCUT2D eigenvalue weighted by molar-refractivity contribution is -0.132. The summed E-state index contributed by atoms with van der Waals surface area (Å²) >= 11 is 0. The lowest BCUT2D eigenvalue weighted by Crippen LogP contribution is -2.31. The molecule has 1 aromatic carbocycles. The van der Waals surface area contributed by atoms with Crippen LogP contribution in [-0.4, -0.2) is 36.6 Å². The Hall–Kier alpha value is -3.35. The molecular weight excluding hydrogens is 384 g/mol. The number of carbonyl (C=O) groups excluding carboxylic acids is 1. The van der Waals surface area contributed by atoms with E-state index in [1.165, 1.54) is 0 Å². The van der Waals surface area contributed by atoms with E-state index in [0.29, 0.717) is 23.6 Å². The minimum atomic E-state index is -0.267. The molecular formula is C23H24N2O5. The zero-order valence-corrected chi connectivity index (χ0v) is 17.4. The number of aromatic nitrogens is 1. The number of nitrogens with zero attached hydrogens (tertiary/aromatic N) is 2. The standard InChI is InChI=1S/C23H24N2O5/c1-14-20(8-7-18-17-5-4-6-19(17)23(27)30-22(14)18)29-13-21(26)25(2)12-15-11-16(28-3)9-10-24-15/h7-11H,4-6,12-13H2,1-3H3. The SMILES string of the molecule is COc1ccnc(CN(C)C(=O)COc2ccc3c4c(c(=O)oc3c2C)CCC4)c1. The molecule has 0 aliphatic heterocycles. The number of fused-ring (bicyclic) bond motifs is 3. The number of ether oxygens (including phenoxy) is 2. The van der Waals surface area contributed by atoms with Crippen molar-refractivity contribution in [3.63, 3.8) is 0 Å². The molecule has 0 radical (unpaired) electrons. The van der Waals surface area contributed by atoms with Crippen molar-refractivity contribution >= 4 is 16.9 Å². The highest BCUT2D eigenvalue weighted by Crippen LogP contribution is 2.33. The molecule has 7 nitrogen and oxygen atoms in total. The first-order valence-corrected chi connectivity index (χ1v) is 9.91. The van der Waals surface area contributed by atoms with E-state index in [-0.39, 0.29) is 18.1 Å². The van der Waals surface area contributed by atoms with Crippen LogP contribution in [0.2, 0.25) is 0 Å². The third-order valence-corrected chi connectivity index (χ3v) is 5.54. The van der Waals surface area contributed by atoms with Gasteiger partial charge in [0, 0.05) is 35.8 Å². The molecule has 0 fully saturated rings. The van der Waals surface area contributed by atoms with E-state index in [9.17, 15) is 9.59 Å². The monoisotopic (exact) mass is 408 g/mol. The number of benzene rings is 1. The second kappa shape index (κ2) is 8.18. The van der Waals surface area contributed by atoms with E-state index in [4.69, 9.17) is 13.9 Å². The highest BCUT2D eigenvalue weighted by Gasteiger charge is 2.21. The maximum absolute atomic E-state index is 12.5. The van der Waals surface area contributed by atoms with Crippen LogP contribution in [0.15, 0.2) is 39.7 Å². The van der Waals surface area contributed by atoms with Crippen LogP contribution in [0.1, 0.15) is 28.8 Å². The first-order valence-electron chi connectivity index (χ1n) is 9.91. The largest absolute Gasteiger partial charge is 0.497 e. The van der Waals surface area contributed by atoms with Gasteiger partial charge in [-0.25, -0.2) is 4.79 Å². The van der Waals surface area contributed by atoms with E-state index >= 15 is 0 Å². The summed E-state index contributed by atoms with van der Waals surface area (Å²) in [5.74, 6) is 1.04. The molecule has 0 atom stereocenters. The van der Waals surface area contributed by atoms with Gasteiger partial charge in [0.2, 0.25) is 0 Å². The van der Waals surface area contributed by atoms with Crippen molar-refractivity contribution in [2.24, 2.45) is 0 Å². The Morgan fingerprint density at radius 1 is 1.23 bits per heavy atom. The van der Waals surface area contributed by atoms with E-state index in [0.717, 1.165) is 47.0 Å². The first-order chi connectivity index (χ1) is 14.5. The van der Waals surface area contributed by atoms with Crippen LogP contribution in [-0.2, 0) is 24.2 Å². The van der Waals surface area contributed by atoms with Crippen LogP contribution in [0, 0.1) is 6.92 Å². The minimum Gasteiger partial charge on any atom is -0.497 e. The van der Waals surface area contributed by atoms with Crippen LogP contribution in [0.3, 0.4) is 0 Å². The fraction of sp³-hybridized carbons (Fsp3) is 0.348. The lowest BCUT2D eigenvalue weighted by atomic mass is 10.0. The molecule has 1 amide bonds. The zero-order valence-electron chi connectivity index (χ0n) is 17.4. The fourth-order valence-corrected chi connectivity index (χ4v) is 3.87. The minimum absolute atomic E-state index is 0.123. The molecule has 0 unspecified atom stereocenters. The maximum Gasteiger partial charge on any atom is 0.339 e. The van der Waals surface area contributed by atoms with Crippen LogP contribution in [0.4, 0.5) is 0 Å². The highest BCUT2D eigenvalue weighted by atomic mass is 16.5. The second-order valence-electron chi connectivity index (χ2n) is 7.49. The van der Waals surface area contributed by atoms with E-state index in [1.54, 1.807) is 37.4 Å². The van der Waals surface area contributed by atoms with Crippen molar-refractivity contribution in [3.05, 3.63) is 63.3 Å². The number of hydrogen-bond donors (Lipinski definition) is 0. The summed E-state index contributed by atoms with van der Waals surface area (Å²) in [6.07, 6.45) is 4.28. The van der Waals surface area contributed by atoms with Crippen molar-refractivity contribution < 1.29 is 18.7 Å². The van der Waals surface area contributed by atoms with E-state index < -0.39 is 0 Å². The predicted molar refractivity (Wildman–Crippen MR) is 112 cm³/mol. The van der Waals surface area contributed by atoms with Gasteiger partial charge in [-0.3, -0.25) is 9.78 Å². The molecule has 3 aromatic rings. The van der Waals surface area contributed by atoms with Gasteiger partial charge in [-0.15, -0.1) is 0 Å². The molecule has 0 saturated heterocycles. The van der Waals surface area contributed by atoms with Crippen LogP contribution < -0.4 is 15.1 Å². The molecule has 4 rings (SSSR count). The Kier molecular flexibility index (Phi) is 5.44. The van der Waals surface area contributed by atoms with Gasteiger partial charge in [0.25, 0.3) is 5.91 Å².